The van der Waals surface area contributed by atoms with Gasteiger partial charge in [-0.2, -0.15) is 0 Å². The highest BCUT2D eigenvalue weighted by atomic mass is 15.3. The normalized spacial score (nSPS) is 22.2. The van der Waals surface area contributed by atoms with Crippen molar-refractivity contribution in [3.05, 3.63) is 23.9 Å². The van der Waals surface area contributed by atoms with Crippen LogP contribution in [-0.4, -0.2) is 47.5 Å². The van der Waals surface area contributed by atoms with Crippen LogP contribution in [0.25, 0.3) is 0 Å². The summed E-state index contributed by atoms with van der Waals surface area (Å²) in [7, 11) is 2.22. The monoisotopic (exact) mass is 263 g/mol. The fraction of sp³-hybridized carbons (Fsp3) is 0.643. The summed E-state index contributed by atoms with van der Waals surface area (Å²) >= 11 is 0. The number of nitrogen functional groups attached to an aromatic ring is 1. The van der Waals surface area contributed by atoms with Gasteiger partial charge in [0.15, 0.2) is 0 Å². The third-order valence-corrected chi connectivity index (χ3v) is 3.85. The number of hydrazine groups is 1. The molecule has 1 fully saturated rings. The molecule has 0 bridgehead atoms. The number of nitrogens with zero attached hydrogens (tertiary/aromatic N) is 3. The first-order valence-electron chi connectivity index (χ1n) is 7.07. The van der Waals surface area contributed by atoms with Crippen LogP contribution in [0.4, 0.5) is 5.82 Å². The van der Waals surface area contributed by atoms with Gasteiger partial charge >= 0.3 is 0 Å². The summed E-state index contributed by atoms with van der Waals surface area (Å²) in [5.74, 6) is 6.15. The zero-order valence-corrected chi connectivity index (χ0v) is 12.0. The van der Waals surface area contributed by atoms with E-state index in [0.29, 0.717) is 6.04 Å². The molecule has 1 atom stereocenters. The van der Waals surface area contributed by atoms with Gasteiger partial charge in [0.2, 0.25) is 0 Å². The Labute approximate surface area is 115 Å². The Morgan fingerprint density at radius 1 is 1.47 bits per heavy atom. The maximum atomic E-state index is 5.42. The fourth-order valence-electron chi connectivity index (χ4n) is 2.77. The largest absolute Gasteiger partial charge is 0.308 e. The molecule has 19 heavy (non-hydrogen) atoms. The van der Waals surface area contributed by atoms with Gasteiger partial charge in [-0.15, -0.1) is 0 Å². The van der Waals surface area contributed by atoms with Gasteiger partial charge in [0.1, 0.15) is 5.82 Å². The molecular weight excluding hydrogens is 238 g/mol. The number of likely N-dealkylation sites (N-methyl/N-ethyl adjacent to an activating group) is 1. The van der Waals surface area contributed by atoms with E-state index in [-0.39, 0.29) is 0 Å². The zero-order chi connectivity index (χ0) is 13.7. The number of nitrogens with two attached hydrogens (primary N) is 1. The molecule has 106 valence electrons. The third kappa shape index (κ3) is 3.89. The number of hydrogen-bond acceptors (Lipinski definition) is 5. The van der Waals surface area contributed by atoms with E-state index < -0.39 is 0 Å². The molecule has 2 heterocycles. The molecule has 1 aromatic heterocycles. The molecule has 0 amide bonds. The van der Waals surface area contributed by atoms with Crippen molar-refractivity contribution in [3.63, 3.8) is 0 Å². The Balaban J connectivity index is 2.06. The van der Waals surface area contributed by atoms with Crippen molar-refractivity contribution in [2.24, 2.45) is 5.84 Å². The Hall–Kier alpha value is -1.17. The number of pyridine rings is 1. The van der Waals surface area contributed by atoms with Gasteiger partial charge in [-0.3, -0.25) is 4.90 Å². The Morgan fingerprint density at radius 3 is 3.05 bits per heavy atom. The SMILES string of the molecule is CCC1CN(C)CCCN1Cc1ccnc(NN)c1. The summed E-state index contributed by atoms with van der Waals surface area (Å²) in [6, 6.07) is 4.73. The lowest BCUT2D eigenvalue weighted by atomic mass is 10.1. The smallest absolute Gasteiger partial charge is 0.140 e. The van der Waals surface area contributed by atoms with Crippen LogP contribution in [0.15, 0.2) is 18.3 Å². The summed E-state index contributed by atoms with van der Waals surface area (Å²) in [6.45, 7) is 6.76. The number of hydrogen-bond donors (Lipinski definition) is 2. The number of rotatable bonds is 4. The van der Waals surface area contributed by atoms with Crippen LogP contribution in [0.2, 0.25) is 0 Å². The maximum absolute atomic E-state index is 5.42. The molecule has 5 heteroatoms. The second-order valence-corrected chi connectivity index (χ2v) is 5.34. The molecule has 1 unspecified atom stereocenters. The van der Waals surface area contributed by atoms with Crippen LogP contribution in [0.1, 0.15) is 25.3 Å². The van der Waals surface area contributed by atoms with Gasteiger partial charge in [-0.05, 0) is 44.1 Å². The molecule has 0 saturated carbocycles. The van der Waals surface area contributed by atoms with Gasteiger partial charge in [0.05, 0.1) is 0 Å². The average molecular weight is 263 g/mol. The highest BCUT2D eigenvalue weighted by Gasteiger charge is 2.21. The highest BCUT2D eigenvalue weighted by Crippen LogP contribution is 2.16. The Kier molecular flexibility index (Phi) is 5.13. The molecule has 1 aliphatic rings. The summed E-state index contributed by atoms with van der Waals surface area (Å²) in [5.41, 5.74) is 3.88. The minimum absolute atomic E-state index is 0.634. The minimum atomic E-state index is 0.634. The predicted molar refractivity (Wildman–Crippen MR) is 78.7 cm³/mol. The summed E-state index contributed by atoms with van der Waals surface area (Å²) in [6.07, 6.45) is 4.24. The maximum Gasteiger partial charge on any atom is 0.140 e. The van der Waals surface area contributed by atoms with Gasteiger partial charge in [-0.25, -0.2) is 10.8 Å². The van der Waals surface area contributed by atoms with Crippen molar-refractivity contribution in [3.8, 4) is 0 Å². The van der Waals surface area contributed by atoms with Gasteiger partial charge in [0.25, 0.3) is 0 Å². The first kappa shape index (κ1) is 14.2. The van der Waals surface area contributed by atoms with E-state index in [0.717, 1.165) is 25.5 Å². The van der Waals surface area contributed by atoms with Crippen molar-refractivity contribution in [2.75, 3.05) is 32.1 Å². The summed E-state index contributed by atoms with van der Waals surface area (Å²) in [5, 5.41) is 0. The lowest BCUT2D eigenvalue weighted by molar-refractivity contribution is 0.176. The molecule has 1 saturated heterocycles. The Bertz CT molecular complexity index is 395. The van der Waals surface area contributed by atoms with Crippen LogP contribution in [0, 0.1) is 0 Å². The van der Waals surface area contributed by atoms with Gasteiger partial charge in [0, 0.05) is 31.9 Å². The van der Waals surface area contributed by atoms with Crippen LogP contribution in [0.3, 0.4) is 0 Å². The number of nitrogens with one attached hydrogen (secondary N) is 1. The van der Waals surface area contributed by atoms with Crippen molar-refractivity contribution < 1.29 is 0 Å². The van der Waals surface area contributed by atoms with Crippen molar-refractivity contribution in [1.82, 2.24) is 14.8 Å². The van der Waals surface area contributed by atoms with Crippen molar-refractivity contribution >= 4 is 5.82 Å². The van der Waals surface area contributed by atoms with Gasteiger partial charge < -0.3 is 10.3 Å². The van der Waals surface area contributed by atoms with Crippen molar-refractivity contribution in [2.45, 2.75) is 32.4 Å². The van der Waals surface area contributed by atoms with Crippen LogP contribution >= 0.6 is 0 Å². The summed E-state index contributed by atoms with van der Waals surface area (Å²) in [4.78, 5) is 9.18. The number of anilines is 1. The molecule has 1 aliphatic heterocycles. The van der Waals surface area contributed by atoms with E-state index in [9.17, 15) is 0 Å². The lowest BCUT2D eigenvalue weighted by Crippen LogP contribution is -2.39. The molecule has 0 spiro atoms. The van der Waals surface area contributed by atoms with Crippen LogP contribution < -0.4 is 11.3 Å². The predicted octanol–water partition coefficient (Wildman–Crippen LogP) is 1.28. The standard InChI is InChI=1S/C14H25N5/c1-3-13-11-18(2)7-4-8-19(13)10-12-5-6-16-14(9-12)17-15/h5-6,9,13H,3-4,7-8,10-11,15H2,1-2H3,(H,16,17). The van der Waals surface area contributed by atoms with Gasteiger partial charge in [-0.1, -0.05) is 6.92 Å². The van der Waals surface area contributed by atoms with Crippen LogP contribution in [0.5, 0.6) is 0 Å². The van der Waals surface area contributed by atoms with E-state index in [4.69, 9.17) is 5.84 Å². The van der Waals surface area contributed by atoms with Crippen LogP contribution in [-0.2, 0) is 6.54 Å². The molecule has 0 aromatic carbocycles. The highest BCUT2D eigenvalue weighted by molar-refractivity contribution is 5.35. The fourth-order valence-corrected chi connectivity index (χ4v) is 2.77. The average Bonchev–Trinajstić information content (AvgIpc) is 2.60. The van der Waals surface area contributed by atoms with E-state index in [1.807, 2.05) is 12.3 Å². The quantitative estimate of drug-likeness (QED) is 0.633. The van der Waals surface area contributed by atoms with Crippen molar-refractivity contribution in [1.29, 1.82) is 0 Å². The van der Waals surface area contributed by atoms with E-state index >= 15 is 0 Å². The summed E-state index contributed by atoms with van der Waals surface area (Å²) < 4.78 is 0. The first-order valence-corrected chi connectivity index (χ1v) is 7.07. The molecule has 5 nitrogen and oxygen atoms in total. The Morgan fingerprint density at radius 2 is 2.32 bits per heavy atom. The molecule has 2 rings (SSSR count). The van der Waals surface area contributed by atoms with E-state index in [1.54, 1.807) is 0 Å². The zero-order valence-electron chi connectivity index (χ0n) is 12.0. The first-order chi connectivity index (χ1) is 9.22. The van der Waals surface area contributed by atoms with E-state index in [1.165, 1.54) is 24.9 Å². The molecule has 3 N–H and O–H groups in total. The third-order valence-electron chi connectivity index (χ3n) is 3.85. The lowest BCUT2D eigenvalue weighted by Gasteiger charge is -2.30. The second-order valence-electron chi connectivity index (χ2n) is 5.34. The number of aromatic nitrogens is 1. The molecule has 0 aliphatic carbocycles. The topological polar surface area (TPSA) is 57.4 Å². The molecular formula is C14H25N5. The van der Waals surface area contributed by atoms with E-state index in [2.05, 4.69) is 40.2 Å². The molecule has 0 radical (unpaired) electrons. The second kappa shape index (κ2) is 6.84. The molecule has 1 aromatic rings. The minimum Gasteiger partial charge on any atom is -0.308 e.